The normalized spacial score (nSPS) is 10.3. The fourth-order valence-electron chi connectivity index (χ4n) is 1.54. The third kappa shape index (κ3) is 4.79. The van der Waals surface area contributed by atoms with E-state index in [1.807, 2.05) is 0 Å². The molecule has 1 amide bonds. The molecule has 0 saturated carbocycles. The predicted molar refractivity (Wildman–Crippen MR) is 84.6 cm³/mol. The summed E-state index contributed by atoms with van der Waals surface area (Å²) in [5.41, 5.74) is -0.306. The van der Waals surface area contributed by atoms with Crippen LogP contribution in [0.2, 0.25) is 15.2 Å². The van der Waals surface area contributed by atoms with E-state index in [1.54, 1.807) is 0 Å². The van der Waals surface area contributed by atoms with E-state index in [2.05, 4.69) is 10.3 Å². The number of hydrogen-bond donors (Lipinski definition) is 1. The SMILES string of the molecule is O=C(COC(=O)c1nc(Cl)ccc1Cl)Nc1ccc(Cl)cc1F. The van der Waals surface area contributed by atoms with Gasteiger partial charge in [-0.2, -0.15) is 0 Å². The van der Waals surface area contributed by atoms with Crippen LogP contribution in [0.25, 0.3) is 0 Å². The van der Waals surface area contributed by atoms with E-state index < -0.39 is 24.3 Å². The van der Waals surface area contributed by atoms with E-state index in [-0.39, 0.29) is 26.6 Å². The summed E-state index contributed by atoms with van der Waals surface area (Å²) in [5, 5.41) is 2.51. The number of anilines is 1. The lowest BCUT2D eigenvalue weighted by molar-refractivity contribution is -0.119. The summed E-state index contributed by atoms with van der Waals surface area (Å²) in [6.45, 7) is -0.647. The lowest BCUT2D eigenvalue weighted by Crippen LogP contribution is -2.22. The quantitative estimate of drug-likeness (QED) is 0.646. The zero-order chi connectivity index (χ0) is 17.0. The summed E-state index contributed by atoms with van der Waals surface area (Å²) in [6, 6.07) is 6.50. The highest BCUT2D eigenvalue weighted by molar-refractivity contribution is 6.34. The van der Waals surface area contributed by atoms with Crippen molar-refractivity contribution in [2.45, 2.75) is 0 Å². The van der Waals surface area contributed by atoms with Gasteiger partial charge in [-0.1, -0.05) is 34.8 Å². The maximum absolute atomic E-state index is 13.5. The van der Waals surface area contributed by atoms with Gasteiger partial charge in [-0.25, -0.2) is 14.2 Å². The number of amides is 1. The number of hydrogen-bond acceptors (Lipinski definition) is 4. The Balaban J connectivity index is 1.96. The summed E-state index contributed by atoms with van der Waals surface area (Å²) in [5.74, 6) is -2.38. The first kappa shape index (κ1) is 17.5. The summed E-state index contributed by atoms with van der Waals surface area (Å²) >= 11 is 17.0. The van der Waals surface area contributed by atoms with Crippen molar-refractivity contribution in [3.8, 4) is 0 Å². The molecule has 1 aromatic carbocycles. The van der Waals surface area contributed by atoms with Crippen LogP contribution in [0, 0.1) is 5.82 Å². The lowest BCUT2D eigenvalue weighted by atomic mass is 10.3. The molecular weight excluding hydrogens is 370 g/mol. The van der Waals surface area contributed by atoms with Gasteiger partial charge in [0.1, 0.15) is 11.0 Å². The summed E-state index contributed by atoms with van der Waals surface area (Å²) in [4.78, 5) is 27.2. The first-order valence-corrected chi connectivity index (χ1v) is 7.24. The molecule has 0 aliphatic carbocycles. The van der Waals surface area contributed by atoms with Crippen LogP contribution in [0.3, 0.4) is 0 Å². The van der Waals surface area contributed by atoms with Crippen LogP contribution in [-0.4, -0.2) is 23.5 Å². The van der Waals surface area contributed by atoms with Crippen molar-refractivity contribution in [3.63, 3.8) is 0 Å². The number of pyridine rings is 1. The van der Waals surface area contributed by atoms with Gasteiger partial charge < -0.3 is 10.1 Å². The van der Waals surface area contributed by atoms with Crippen LogP contribution in [0.1, 0.15) is 10.5 Å². The molecule has 0 radical (unpaired) electrons. The van der Waals surface area contributed by atoms with Gasteiger partial charge in [-0.05, 0) is 30.3 Å². The van der Waals surface area contributed by atoms with Gasteiger partial charge in [0.2, 0.25) is 0 Å². The maximum Gasteiger partial charge on any atom is 0.359 e. The summed E-state index contributed by atoms with van der Waals surface area (Å²) < 4.78 is 18.3. The highest BCUT2D eigenvalue weighted by atomic mass is 35.5. The number of aromatic nitrogens is 1. The van der Waals surface area contributed by atoms with Gasteiger partial charge in [-0.3, -0.25) is 4.79 Å². The van der Waals surface area contributed by atoms with Crippen molar-refractivity contribution in [1.82, 2.24) is 4.98 Å². The van der Waals surface area contributed by atoms with E-state index >= 15 is 0 Å². The Morgan fingerprint density at radius 1 is 1.17 bits per heavy atom. The number of nitrogens with one attached hydrogen (secondary N) is 1. The fraction of sp³-hybridized carbons (Fsp3) is 0.0714. The van der Waals surface area contributed by atoms with Crippen LogP contribution in [0.15, 0.2) is 30.3 Å². The second kappa shape index (κ2) is 7.59. The predicted octanol–water partition coefficient (Wildman–Crippen LogP) is 3.98. The van der Waals surface area contributed by atoms with Crippen LogP contribution in [0.4, 0.5) is 10.1 Å². The van der Waals surface area contributed by atoms with Crippen molar-refractivity contribution in [1.29, 1.82) is 0 Å². The Bertz CT molecular complexity index is 771. The van der Waals surface area contributed by atoms with Crippen LogP contribution in [0.5, 0.6) is 0 Å². The van der Waals surface area contributed by atoms with Crippen molar-refractivity contribution in [2.75, 3.05) is 11.9 Å². The first-order chi connectivity index (χ1) is 10.9. The monoisotopic (exact) mass is 376 g/mol. The second-order valence-electron chi connectivity index (χ2n) is 4.21. The molecule has 1 N–H and O–H groups in total. The Kier molecular flexibility index (Phi) is 5.76. The lowest BCUT2D eigenvalue weighted by Gasteiger charge is -2.08. The molecule has 0 unspecified atom stereocenters. The largest absolute Gasteiger partial charge is 0.451 e. The number of rotatable bonds is 4. The average molecular weight is 378 g/mol. The van der Waals surface area contributed by atoms with E-state index in [0.717, 1.165) is 6.07 Å². The molecule has 9 heteroatoms. The number of benzene rings is 1. The Labute approximate surface area is 145 Å². The molecule has 0 aliphatic heterocycles. The third-order valence-electron chi connectivity index (χ3n) is 2.54. The maximum atomic E-state index is 13.5. The van der Waals surface area contributed by atoms with Crippen LogP contribution < -0.4 is 5.32 Å². The van der Waals surface area contributed by atoms with Crippen LogP contribution >= 0.6 is 34.8 Å². The van der Waals surface area contributed by atoms with Crippen molar-refractivity contribution in [3.05, 3.63) is 57.0 Å². The second-order valence-corrected chi connectivity index (χ2v) is 5.44. The minimum atomic E-state index is -0.927. The van der Waals surface area contributed by atoms with Gasteiger partial charge in [0.15, 0.2) is 12.3 Å². The fourth-order valence-corrected chi connectivity index (χ4v) is 2.03. The molecule has 0 bridgehead atoms. The van der Waals surface area contributed by atoms with Crippen molar-refractivity contribution >= 4 is 52.4 Å². The molecule has 1 heterocycles. The molecule has 0 atom stereocenters. The molecule has 1 aromatic heterocycles. The molecule has 2 aromatic rings. The van der Waals surface area contributed by atoms with Gasteiger partial charge in [-0.15, -0.1) is 0 Å². The number of carbonyl (C=O) groups is 2. The Morgan fingerprint density at radius 3 is 2.61 bits per heavy atom. The number of ether oxygens (including phenoxy) is 1. The standard InChI is InChI=1S/C14H8Cl3FN2O3/c15-7-1-3-10(9(18)5-7)19-12(21)6-23-14(22)13-8(16)2-4-11(17)20-13/h1-5H,6H2,(H,19,21). The number of halogens is 4. The first-order valence-electron chi connectivity index (χ1n) is 6.11. The molecule has 120 valence electrons. The topological polar surface area (TPSA) is 68.3 Å². The van der Waals surface area contributed by atoms with Gasteiger partial charge >= 0.3 is 5.97 Å². The van der Waals surface area contributed by atoms with E-state index in [1.165, 1.54) is 24.3 Å². The third-order valence-corrected chi connectivity index (χ3v) is 3.30. The molecular formula is C14H8Cl3FN2O3. The van der Waals surface area contributed by atoms with Crippen molar-refractivity contribution < 1.29 is 18.7 Å². The smallest absolute Gasteiger partial charge is 0.359 e. The van der Waals surface area contributed by atoms with E-state index in [4.69, 9.17) is 39.5 Å². The van der Waals surface area contributed by atoms with Gasteiger partial charge in [0, 0.05) is 5.02 Å². The molecule has 2 rings (SSSR count). The zero-order valence-corrected chi connectivity index (χ0v) is 13.5. The molecule has 23 heavy (non-hydrogen) atoms. The van der Waals surface area contributed by atoms with Crippen LogP contribution in [-0.2, 0) is 9.53 Å². The number of esters is 1. The highest BCUT2D eigenvalue weighted by Gasteiger charge is 2.16. The van der Waals surface area contributed by atoms with E-state index in [9.17, 15) is 14.0 Å². The average Bonchev–Trinajstić information content (AvgIpc) is 2.50. The minimum Gasteiger partial charge on any atom is -0.451 e. The highest BCUT2D eigenvalue weighted by Crippen LogP contribution is 2.19. The van der Waals surface area contributed by atoms with Gasteiger partial charge in [0.25, 0.3) is 5.91 Å². The summed E-state index contributed by atoms with van der Waals surface area (Å²) in [6.07, 6.45) is 0. The minimum absolute atomic E-state index is 0.0311. The number of nitrogens with zero attached hydrogens (tertiary/aromatic N) is 1. The Morgan fingerprint density at radius 2 is 1.91 bits per heavy atom. The molecule has 0 fully saturated rings. The van der Waals surface area contributed by atoms with Gasteiger partial charge in [0.05, 0.1) is 10.7 Å². The summed E-state index contributed by atoms with van der Waals surface area (Å²) in [7, 11) is 0. The Hall–Kier alpha value is -1.89. The zero-order valence-electron chi connectivity index (χ0n) is 11.3. The number of carbonyl (C=O) groups excluding carboxylic acids is 2. The molecule has 5 nitrogen and oxygen atoms in total. The van der Waals surface area contributed by atoms with E-state index in [0.29, 0.717) is 0 Å². The molecule has 0 aliphatic rings. The molecule has 0 saturated heterocycles. The molecule has 0 spiro atoms. The van der Waals surface area contributed by atoms with Crippen molar-refractivity contribution in [2.24, 2.45) is 0 Å².